The summed E-state index contributed by atoms with van der Waals surface area (Å²) in [5, 5.41) is 5.11. The summed E-state index contributed by atoms with van der Waals surface area (Å²) < 4.78 is 5.23. The van der Waals surface area contributed by atoms with E-state index in [4.69, 9.17) is 17.0 Å². The summed E-state index contributed by atoms with van der Waals surface area (Å²) in [6, 6.07) is 16.8. The zero-order valence-corrected chi connectivity index (χ0v) is 14.3. The maximum absolute atomic E-state index is 12.2. The molecule has 1 aromatic heterocycles. The molecule has 0 aliphatic rings. The van der Waals surface area contributed by atoms with Gasteiger partial charge < -0.3 is 10.1 Å². The van der Waals surface area contributed by atoms with Gasteiger partial charge in [0, 0.05) is 11.6 Å². The molecule has 0 atom stereocenters. The van der Waals surface area contributed by atoms with Crippen LogP contribution in [0.5, 0.6) is 5.75 Å². The summed E-state index contributed by atoms with van der Waals surface area (Å²) in [5.41, 5.74) is 6.17. The normalized spacial score (nSPS) is 10.1. The van der Waals surface area contributed by atoms with Crippen molar-refractivity contribution in [3.63, 3.8) is 0 Å². The number of nitrogens with zero attached hydrogens (tertiary/aromatic N) is 1. The third-order valence-corrected chi connectivity index (χ3v) is 3.71. The molecule has 0 fully saturated rings. The number of carbonyl (C=O) groups excluding carboxylic acids is 1. The van der Waals surface area contributed by atoms with Gasteiger partial charge >= 0.3 is 0 Å². The number of carbonyl (C=O) groups is 1. The number of hydrogen-bond donors (Lipinski definition) is 3. The first-order chi connectivity index (χ1) is 12.2. The van der Waals surface area contributed by atoms with Crippen LogP contribution in [0.15, 0.2) is 60.8 Å². The first kappa shape index (κ1) is 16.7. The van der Waals surface area contributed by atoms with Crippen LogP contribution in [0.1, 0.15) is 10.5 Å². The van der Waals surface area contributed by atoms with E-state index >= 15 is 0 Å². The Labute approximate surface area is 150 Å². The van der Waals surface area contributed by atoms with Gasteiger partial charge in [0.25, 0.3) is 5.91 Å². The second-order valence-corrected chi connectivity index (χ2v) is 5.56. The average molecular weight is 352 g/mol. The van der Waals surface area contributed by atoms with E-state index in [0.717, 1.165) is 10.8 Å². The number of thiocarbonyl (C=S) groups is 1. The molecule has 0 unspecified atom stereocenters. The van der Waals surface area contributed by atoms with Crippen LogP contribution in [0.3, 0.4) is 0 Å². The number of nitrogens with one attached hydrogen (secondary N) is 3. The lowest BCUT2D eigenvalue weighted by molar-refractivity contribution is 0.0939. The molecule has 0 aliphatic heterocycles. The molecular weight excluding hydrogens is 336 g/mol. The van der Waals surface area contributed by atoms with E-state index in [0.29, 0.717) is 17.1 Å². The molecule has 0 saturated carbocycles. The van der Waals surface area contributed by atoms with Crippen molar-refractivity contribution in [1.82, 2.24) is 15.8 Å². The van der Waals surface area contributed by atoms with E-state index in [-0.39, 0.29) is 11.0 Å². The van der Waals surface area contributed by atoms with Crippen LogP contribution in [0, 0.1) is 0 Å². The Morgan fingerprint density at radius 3 is 2.56 bits per heavy atom. The molecule has 25 heavy (non-hydrogen) atoms. The van der Waals surface area contributed by atoms with Gasteiger partial charge in [0.05, 0.1) is 12.8 Å². The van der Waals surface area contributed by atoms with E-state index in [1.54, 1.807) is 19.4 Å². The van der Waals surface area contributed by atoms with Gasteiger partial charge in [-0.05, 0) is 35.8 Å². The number of fused-ring (bicyclic) bond motifs is 1. The minimum atomic E-state index is -0.380. The van der Waals surface area contributed by atoms with Gasteiger partial charge in [-0.25, -0.2) is 0 Å². The zero-order valence-electron chi connectivity index (χ0n) is 13.4. The van der Waals surface area contributed by atoms with Crippen LogP contribution in [0.25, 0.3) is 10.8 Å². The van der Waals surface area contributed by atoms with Gasteiger partial charge in [0.2, 0.25) is 0 Å². The summed E-state index contributed by atoms with van der Waals surface area (Å²) in [5.74, 6) is 0.268. The highest BCUT2D eigenvalue weighted by Crippen LogP contribution is 2.22. The standard InChI is InChI=1S/C18H16N4O2S/c1-24-16-9-5-4-8-14(16)20-18(25)22-21-17(23)15-10-12-6-2-3-7-13(12)11-19-15/h2-11H,1H3,(H,21,23)(H2,20,22,25). The number of amides is 1. The van der Waals surface area contributed by atoms with Crippen molar-refractivity contribution >= 4 is 39.7 Å². The fourth-order valence-corrected chi connectivity index (χ4v) is 2.45. The zero-order chi connectivity index (χ0) is 17.6. The highest BCUT2D eigenvalue weighted by molar-refractivity contribution is 7.80. The smallest absolute Gasteiger partial charge is 0.288 e. The van der Waals surface area contributed by atoms with Crippen LogP contribution >= 0.6 is 12.2 Å². The maximum atomic E-state index is 12.2. The quantitative estimate of drug-likeness (QED) is 0.497. The number of pyridine rings is 1. The first-order valence-corrected chi connectivity index (χ1v) is 7.93. The lowest BCUT2D eigenvalue weighted by Crippen LogP contribution is -2.44. The molecule has 7 heteroatoms. The molecule has 6 nitrogen and oxygen atoms in total. The highest BCUT2D eigenvalue weighted by Gasteiger charge is 2.09. The van der Waals surface area contributed by atoms with Crippen LogP contribution in [0.2, 0.25) is 0 Å². The number of anilines is 1. The molecule has 2 aromatic carbocycles. The number of para-hydroxylation sites is 2. The second-order valence-electron chi connectivity index (χ2n) is 5.15. The highest BCUT2D eigenvalue weighted by atomic mass is 32.1. The summed E-state index contributed by atoms with van der Waals surface area (Å²) >= 11 is 5.18. The fraction of sp³-hybridized carbons (Fsp3) is 0.0556. The molecule has 0 spiro atoms. The van der Waals surface area contributed by atoms with Gasteiger partial charge in [0.1, 0.15) is 11.4 Å². The molecule has 3 aromatic rings. The molecule has 0 saturated heterocycles. The lowest BCUT2D eigenvalue weighted by atomic mass is 10.1. The second kappa shape index (κ2) is 7.59. The summed E-state index contributed by atoms with van der Waals surface area (Å²) in [4.78, 5) is 16.4. The summed E-state index contributed by atoms with van der Waals surface area (Å²) in [6.45, 7) is 0. The SMILES string of the molecule is COc1ccccc1NC(=S)NNC(=O)c1cc2ccccc2cn1. The number of benzene rings is 2. The molecule has 0 bridgehead atoms. The molecule has 1 heterocycles. The van der Waals surface area contributed by atoms with Crippen molar-refractivity contribution < 1.29 is 9.53 Å². The van der Waals surface area contributed by atoms with Crippen molar-refractivity contribution in [2.45, 2.75) is 0 Å². The Hall–Kier alpha value is -3.19. The van der Waals surface area contributed by atoms with Gasteiger partial charge in [-0.15, -0.1) is 0 Å². The third-order valence-electron chi connectivity index (χ3n) is 3.51. The largest absolute Gasteiger partial charge is 0.495 e. The molecule has 0 aliphatic carbocycles. The number of methoxy groups -OCH3 is 1. The predicted molar refractivity (Wildman–Crippen MR) is 102 cm³/mol. The number of hydrazine groups is 1. The number of aromatic nitrogens is 1. The topological polar surface area (TPSA) is 75.3 Å². The Kier molecular flexibility index (Phi) is 5.06. The minimum Gasteiger partial charge on any atom is -0.495 e. The number of rotatable bonds is 3. The molecule has 126 valence electrons. The Bertz CT molecular complexity index is 930. The van der Waals surface area contributed by atoms with E-state index in [2.05, 4.69) is 21.2 Å². The van der Waals surface area contributed by atoms with E-state index in [9.17, 15) is 4.79 Å². The van der Waals surface area contributed by atoms with Crippen molar-refractivity contribution in [1.29, 1.82) is 0 Å². The average Bonchev–Trinajstić information content (AvgIpc) is 2.66. The number of ether oxygens (including phenoxy) is 1. The third kappa shape index (κ3) is 4.02. The van der Waals surface area contributed by atoms with Crippen LogP contribution < -0.4 is 20.9 Å². The Balaban J connectivity index is 1.62. The van der Waals surface area contributed by atoms with Gasteiger partial charge in [-0.2, -0.15) is 0 Å². The van der Waals surface area contributed by atoms with Crippen LogP contribution in [-0.2, 0) is 0 Å². The van der Waals surface area contributed by atoms with Crippen molar-refractivity contribution in [3.05, 3.63) is 66.5 Å². The van der Waals surface area contributed by atoms with E-state index in [1.165, 1.54) is 0 Å². The molecule has 3 rings (SSSR count). The van der Waals surface area contributed by atoms with Gasteiger partial charge in [-0.1, -0.05) is 36.4 Å². The molecule has 3 N–H and O–H groups in total. The maximum Gasteiger partial charge on any atom is 0.288 e. The van der Waals surface area contributed by atoms with E-state index < -0.39 is 0 Å². The van der Waals surface area contributed by atoms with E-state index in [1.807, 2.05) is 48.5 Å². The lowest BCUT2D eigenvalue weighted by Gasteiger charge is -2.13. The Morgan fingerprint density at radius 2 is 1.76 bits per heavy atom. The molecule has 1 amide bonds. The van der Waals surface area contributed by atoms with Crippen molar-refractivity contribution in [3.8, 4) is 5.75 Å². The summed E-state index contributed by atoms with van der Waals surface area (Å²) in [7, 11) is 1.57. The Morgan fingerprint density at radius 1 is 1.04 bits per heavy atom. The first-order valence-electron chi connectivity index (χ1n) is 7.52. The molecular formula is C18H16N4O2S. The van der Waals surface area contributed by atoms with Gasteiger partial charge in [-0.3, -0.25) is 20.6 Å². The number of hydrogen-bond acceptors (Lipinski definition) is 4. The van der Waals surface area contributed by atoms with Crippen LogP contribution in [-0.4, -0.2) is 23.1 Å². The van der Waals surface area contributed by atoms with Crippen molar-refractivity contribution in [2.75, 3.05) is 12.4 Å². The minimum absolute atomic E-state index is 0.235. The fourth-order valence-electron chi connectivity index (χ4n) is 2.29. The predicted octanol–water partition coefficient (Wildman–Crippen LogP) is 2.87. The van der Waals surface area contributed by atoms with Crippen molar-refractivity contribution in [2.24, 2.45) is 0 Å². The summed E-state index contributed by atoms with van der Waals surface area (Å²) in [6.07, 6.45) is 1.66. The van der Waals surface area contributed by atoms with Crippen LogP contribution in [0.4, 0.5) is 5.69 Å². The molecule has 0 radical (unpaired) electrons. The van der Waals surface area contributed by atoms with Gasteiger partial charge in [0.15, 0.2) is 5.11 Å². The monoisotopic (exact) mass is 352 g/mol.